The molecule has 3 heteroatoms. The first kappa shape index (κ1) is 16.9. The van der Waals surface area contributed by atoms with Crippen LogP contribution in [0.1, 0.15) is 53.9 Å². The van der Waals surface area contributed by atoms with Crippen LogP contribution in [0.25, 0.3) is 0 Å². The molecule has 0 amide bonds. The van der Waals surface area contributed by atoms with Crippen LogP contribution in [-0.4, -0.2) is 49.8 Å². The number of hydrogen-bond donors (Lipinski definition) is 1. The molecule has 19 heavy (non-hydrogen) atoms. The van der Waals surface area contributed by atoms with E-state index in [1.165, 1.54) is 25.8 Å². The minimum Gasteiger partial charge on any atom is -0.378 e. The van der Waals surface area contributed by atoms with Crippen LogP contribution in [-0.2, 0) is 4.74 Å². The molecule has 3 nitrogen and oxygen atoms in total. The second kappa shape index (κ2) is 7.61. The van der Waals surface area contributed by atoms with Gasteiger partial charge in [-0.15, -0.1) is 0 Å². The summed E-state index contributed by atoms with van der Waals surface area (Å²) in [6.07, 6.45) is 4.17. The zero-order valence-corrected chi connectivity index (χ0v) is 13.8. The van der Waals surface area contributed by atoms with E-state index < -0.39 is 0 Å². The molecule has 0 radical (unpaired) electrons. The summed E-state index contributed by atoms with van der Waals surface area (Å²) in [5.41, 5.74) is 0.296. The van der Waals surface area contributed by atoms with E-state index in [4.69, 9.17) is 4.74 Å². The summed E-state index contributed by atoms with van der Waals surface area (Å²) in [5.74, 6) is 0. The molecule has 1 saturated carbocycles. The maximum Gasteiger partial charge on any atom is 0.0655 e. The normalized spacial score (nSPS) is 25.9. The molecular formula is C16H34N2O. The Labute approximate surface area is 120 Å². The van der Waals surface area contributed by atoms with Crippen molar-refractivity contribution in [1.29, 1.82) is 0 Å². The average molecular weight is 270 g/mol. The Bertz CT molecular complexity index is 253. The van der Waals surface area contributed by atoms with Gasteiger partial charge in [0.2, 0.25) is 0 Å². The van der Waals surface area contributed by atoms with Crippen molar-refractivity contribution in [1.82, 2.24) is 10.2 Å². The van der Waals surface area contributed by atoms with Gasteiger partial charge in [0.1, 0.15) is 0 Å². The lowest BCUT2D eigenvalue weighted by Crippen LogP contribution is -2.61. The molecule has 2 unspecified atom stereocenters. The highest BCUT2D eigenvalue weighted by molar-refractivity contribution is 5.02. The van der Waals surface area contributed by atoms with Gasteiger partial charge in [-0.2, -0.15) is 0 Å². The Morgan fingerprint density at radius 2 is 2.00 bits per heavy atom. The number of hydrogen-bond acceptors (Lipinski definition) is 3. The molecule has 1 rings (SSSR count). The molecule has 0 aromatic rings. The van der Waals surface area contributed by atoms with Crippen molar-refractivity contribution in [2.45, 2.75) is 72.1 Å². The SMILES string of the molecule is CCOC1CC(NCCCCN(C)C(C)C)C1(C)C. The third-order valence-corrected chi connectivity index (χ3v) is 4.76. The van der Waals surface area contributed by atoms with Gasteiger partial charge in [-0.25, -0.2) is 0 Å². The van der Waals surface area contributed by atoms with Crippen molar-refractivity contribution in [3.8, 4) is 0 Å². The van der Waals surface area contributed by atoms with Crippen LogP contribution in [0.2, 0.25) is 0 Å². The van der Waals surface area contributed by atoms with Crippen molar-refractivity contribution < 1.29 is 4.74 Å². The molecule has 1 aliphatic carbocycles. The Balaban J connectivity index is 2.08. The van der Waals surface area contributed by atoms with Gasteiger partial charge in [0.05, 0.1) is 6.10 Å². The van der Waals surface area contributed by atoms with Crippen molar-refractivity contribution >= 4 is 0 Å². The molecule has 2 atom stereocenters. The van der Waals surface area contributed by atoms with Gasteiger partial charge in [-0.3, -0.25) is 0 Å². The third kappa shape index (κ3) is 4.73. The molecule has 0 bridgehead atoms. The summed E-state index contributed by atoms with van der Waals surface area (Å²) in [7, 11) is 2.21. The molecule has 0 aliphatic heterocycles. The first-order chi connectivity index (χ1) is 8.89. The van der Waals surface area contributed by atoms with Crippen LogP contribution >= 0.6 is 0 Å². The molecule has 0 aromatic carbocycles. The van der Waals surface area contributed by atoms with Crippen LogP contribution in [0.3, 0.4) is 0 Å². The van der Waals surface area contributed by atoms with Crippen LogP contribution in [0.4, 0.5) is 0 Å². The van der Waals surface area contributed by atoms with Gasteiger partial charge < -0.3 is 15.0 Å². The lowest BCUT2D eigenvalue weighted by Gasteiger charge is -2.52. The third-order valence-electron chi connectivity index (χ3n) is 4.76. The number of nitrogens with one attached hydrogen (secondary N) is 1. The first-order valence-electron chi connectivity index (χ1n) is 7.94. The van der Waals surface area contributed by atoms with E-state index in [-0.39, 0.29) is 0 Å². The monoisotopic (exact) mass is 270 g/mol. The van der Waals surface area contributed by atoms with Crippen LogP contribution in [0.15, 0.2) is 0 Å². The summed E-state index contributed by atoms with van der Waals surface area (Å²) < 4.78 is 5.76. The molecule has 0 aromatic heterocycles. The Kier molecular flexibility index (Phi) is 6.78. The fraction of sp³-hybridized carbons (Fsp3) is 1.00. The summed E-state index contributed by atoms with van der Waals surface area (Å²) in [4.78, 5) is 2.42. The number of rotatable bonds is 9. The molecule has 1 N–H and O–H groups in total. The van der Waals surface area contributed by atoms with Gasteiger partial charge >= 0.3 is 0 Å². The lowest BCUT2D eigenvalue weighted by molar-refractivity contribution is -0.113. The highest BCUT2D eigenvalue weighted by Crippen LogP contribution is 2.42. The first-order valence-corrected chi connectivity index (χ1v) is 7.94. The summed E-state index contributed by atoms with van der Waals surface area (Å²) in [6.45, 7) is 14.4. The van der Waals surface area contributed by atoms with E-state index in [1.807, 2.05) is 0 Å². The Morgan fingerprint density at radius 3 is 2.53 bits per heavy atom. The smallest absolute Gasteiger partial charge is 0.0655 e. The van der Waals surface area contributed by atoms with Crippen LogP contribution < -0.4 is 5.32 Å². The fourth-order valence-corrected chi connectivity index (χ4v) is 2.74. The van der Waals surface area contributed by atoms with Gasteiger partial charge in [0.25, 0.3) is 0 Å². The number of unbranched alkanes of at least 4 members (excludes halogenated alkanes) is 1. The van der Waals surface area contributed by atoms with E-state index in [1.54, 1.807) is 0 Å². The van der Waals surface area contributed by atoms with Crippen LogP contribution in [0.5, 0.6) is 0 Å². The largest absolute Gasteiger partial charge is 0.378 e. The molecule has 114 valence electrons. The topological polar surface area (TPSA) is 24.5 Å². The highest BCUT2D eigenvalue weighted by atomic mass is 16.5. The Hall–Kier alpha value is -0.120. The molecule has 0 heterocycles. The van der Waals surface area contributed by atoms with Gasteiger partial charge in [-0.1, -0.05) is 13.8 Å². The van der Waals surface area contributed by atoms with Crippen molar-refractivity contribution in [3.05, 3.63) is 0 Å². The summed E-state index contributed by atoms with van der Waals surface area (Å²) in [5, 5.41) is 3.70. The van der Waals surface area contributed by atoms with E-state index in [0.717, 1.165) is 13.2 Å². The Morgan fingerprint density at radius 1 is 1.32 bits per heavy atom. The van der Waals surface area contributed by atoms with E-state index in [0.29, 0.717) is 23.6 Å². The van der Waals surface area contributed by atoms with Crippen molar-refractivity contribution in [3.63, 3.8) is 0 Å². The van der Waals surface area contributed by atoms with Crippen molar-refractivity contribution in [2.75, 3.05) is 26.7 Å². The lowest BCUT2D eigenvalue weighted by atomic mass is 9.64. The van der Waals surface area contributed by atoms with E-state index >= 15 is 0 Å². The van der Waals surface area contributed by atoms with Gasteiger partial charge in [0, 0.05) is 24.1 Å². The zero-order chi connectivity index (χ0) is 14.5. The van der Waals surface area contributed by atoms with E-state index in [9.17, 15) is 0 Å². The maximum atomic E-state index is 5.76. The summed E-state index contributed by atoms with van der Waals surface area (Å²) in [6, 6.07) is 1.29. The van der Waals surface area contributed by atoms with E-state index in [2.05, 4.69) is 51.9 Å². The molecular weight excluding hydrogens is 236 g/mol. The zero-order valence-electron chi connectivity index (χ0n) is 13.8. The van der Waals surface area contributed by atoms with Gasteiger partial charge in [0.15, 0.2) is 0 Å². The van der Waals surface area contributed by atoms with Crippen LogP contribution in [0, 0.1) is 5.41 Å². The van der Waals surface area contributed by atoms with Gasteiger partial charge in [-0.05, 0) is 60.2 Å². The predicted octanol–water partition coefficient (Wildman–Crippen LogP) is 2.90. The molecule has 1 fully saturated rings. The summed E-state index contributed by atoms with van der Waals surface area (Å²) >= 11 is 0. The quantitative estimate of drug-likeness (QED) is 0.652. The maximum absolute atomic E-state index is 5.76. The second-order valence-corrected chi connectivity index (χ2v) is 6.79. The minimum absolute atomic E-state index is 0.296. The molecule has 1 aliphatic rings. The molecule has 0 spiro atoms. The number of nitrogens with zero attached hydrogens (tertiary/aromatic N) is 1. The number of ether oxygens (including phenoxy) is 1. The minimum atomic E-state index is 0.296. The molecule has 0 saturated heterocycles. The fourth-order valence-electron chi connectivity index (χ4n) is 2.74. The standard InChI is InChI=1S/C16H34N2O/c1-7-19-15-12-14(16(15,4)5)17-10-8-9-11-18(6)13(2)3/h13-15,17H,7-12H2,1-6H3. The van der Waals surface area contributed by atoms with Crippen molar-refractivity contribution in [2.24, 2.45) is 5.41 Å². The highest BCUT2D eigenvalue weighted by Gasteiger charge is 2.48. The average Bonchev–Trinajstić information content (AvgIpc) is 2.35. The predicted molar refractivity (Wildman–Crippen MR) is 82.6 cm³/mol. The second-order valence-electron chi connectivity index (χ2n) is 6.79.